The van der Waals surface area contributed by atoms with Crippen molar-refractivity contribution in [1.29, 1.82) is 0 Å². The van der Waals surface area contributed by atoms with Crippen LogP contribution in [0, 0.1) is 0 Å². The number of imidazole rings is 3. The normalized spacial score (nSPS) is 15.3. The number of amides is 6. The Kier molecular flexibility index (Phi) is 22.0. The molecule has 8 aromatic heterocycles. The zero-order valence-corrected chi connectivity index (χ0v) is 71.5. The minimum absolute atomic E-state index is 0.0794. The summed E-state index contributed by atoms with van der Waals surface area (Å²) in [4.78, 5) is 121. The highest BCUT2D eigenvalue weighted by atomic mass is 16.3. The van der Waals surface area contributed by atoms with Crippen molar-refractivity contribution in [2.45, 2.75) is 25.9 Å². The van der Waals surface area contributed by atoms with E-state index >= 15 is 0 Å². The van der Waals surface area contributed by atoms with Crippen LogP contribution in [0.15, 0.2) is 207 Å². The summed E-state index contributed by atoms with van der Waals surface area (Å²) in [5.41, 5.74) is 16.3. The first kappa shape index (κ1) is 82.8. The number of para-hydroxylation sites is 5. The lowest BCUT2D eigenvalue weighted by molar-refractivity contribution is -0.124. The fourth-order valence-corrected chi connectivity index (χ4v) is 17.6. The van der Waals surface area contributed by atoms with Gasteiger partial charge in [-0.2, -0.15) is 4.68 Å². The molecule has 32 heteroatoms. The summed E-state index contributed by atoms with van der Waals surface area (Å²) >= 11 is 0. The molecule has 9 aromatic carbocycles. The van der Waals surface area contributed by atoms with Gasteiger partial charge in [-0.1, -0.05) is 65.9 Å². The average molecular weight is 1730 g/mol. The molecule has 12 N–H and O–H groups in total. The van der Waals surface area contributed by atoms with Gasteiger partial charge in [0.2, 0.25) is 5.95 Å². The van der Waals surface area contributed by atoms with E-state index in [0.717, 1.165) is 185 Å². The number of aromatic nitrogens is 13. The van der Waals surface area contributed by atoms with Gasteiger partial charge >= 0.3 is 0 Å². The number of aromatic amines is 5. The van der Waals surface area contributed by atoms with Crippen LogP contribution >= 0.6 is 0 Å². The summed E-state index contributed by atoms with van der Waals surface area (Å²) < 4.78 is 5.83. The first-order valence-corrected chi connectivity index (χ1v) is 42.6. The molecular weight excluding hydrogens is 1630 g/mol. The predicted molar refractivity (Wildman–Crippen MR) is 499 cm³/mol. The van der Waals surface area contributed by atoms with Gasteiger partial charge in [0.05, 0.1) is 78.8 Å². The summed E-state index contributed by atoms with van der Waals surface area (Å²) in [6.45, 7) is 11.1. The van der Waals surface area contributed by atoms with Crippen LogP contribution in [-0.2, 0) is 41.9 Å². The van der Waals surface area contributed by atoms with Crippen molar-refractivity contribution >= 4 is 168 Å². The molecule has 0 unspecified atom stereocenters. The van der Waals surface area contributed by atoms with Crippen LogP contribution in [0.25, 0.3) is 138 Å². The number of aromatic hydroxyl groups is 4. The molecule has 17 aromatic rings. The number of aryl methyl sites for hydroxylation is 2. The Hall–Kier alpha value is -15.8. The van der Waals surface area contributed by atoms with Gasteiger partial charge in [-0.3, -0.25) is 44.7 Å². The molecule has 32 nitrogen and oxygen atoms in total. The molecule has 2 saturated heterocycles. The quantitative estimate of drug-likeness (QED) is 0.0355. The zero-order valence-electron chi connectivity index (χ0n) is 71.5. The summed E-state index contributed by atoms with van der Waals surface area (Å²) in [5.74, 6) is -0.911. The Morgan fingerprint density at radius 2 is 0.876 bits per heavy atom. The monoisotopic (exact) mass is 1720 g/mol. The largest absolute Gasteiger partial charge is 0.508 e. The molecule has 2 fully saturated rings. The third-order valence-electron chi connectivity index (χ3n) is 24.2. The lowest BCUT2D eigenvalue weighted by Gasteiger charge is -2.34. The van der Waals surface area contributed by atoms with Crippen molar-refractivity contribution in [2.24, 2.45) is 0 Å². The van der Waals surface area contributed by atoms with Crippen molar-refractivity contribution in [3.63, 3.8) is 0 Å². The molecule has 0 saturated carbocycles. The van der Waals surface area contributed by atoms with E-state index in [1.807, 2.05) is 162 Å². The van der Waals surface area contributed by atoms with Crippen molar-refractivity contribution in [2.75, 3.05) is 118 Å². The van der Waals surface area contributed by atoms with Crippen molar-refractivity contribution < 1.29 is 49.2 Å². The van der Waals surface area contributed by atoms with Gasteiger partial charge in [-0.25, -0.2) is 15.0 Å². The van der Waals surface area contributed by atoms with Crippen LogP contribution in [0.2, 0.25) is 0 Å². The number of carbonyl (C=O) groups excluding carboxylic acids is 6. The van der Waals surface area contributed by atoms with E-state index in [1.165, 1.54) is 0 Å². The lowest BCUT2D eigenvalue weighted by atomic mass is 9.99. The van der Waals surface area contributed by atoms with E-state index < -0.39 is 35.4 Å². The fraction of sp³-hybridized carbons (Fsp3) is 0.206. The molecule has 0 radical (unpaired) electrons. The molecule has 0 bridgehead atoms. The highest BCUT2D eigenvalue weighted by molar-refractivity contribution is 6.52. The van der Waals surface area contributed by atoms with E-state index in [4.69, 9.17) is 9.97 Å². The van der Waals surface area contributed by atoms with E-state index in [1.54, 1.807) is 65.5 Å². The van der Waals surface area contributed by atoms with Gasteiger partial charge in [0.25, 0.3) is 35.4 Å². The maximum atomic E-state index is 12.9. The number of benzene rings is 9. The average Bonchev–Trinajstić information content (AvgIpc) is 1.60. The summed E-state index contributed by atoms with van der Waals surface area (Å²) in [7, 11) is 12.4. The SMILES string of the molecule is CN(C)CCCn1cc(C2=C(c3cc4ccccc4[nH]3)C(=O)NC2=O)c2cc(O)ccc21.CN(C)CCCn1cc(C2=C(c3nc4ccccc4[nH]3)C(=O)NC2=O)c2cc(O)ccc21.CN1CCN(c2cccc3[nH]c(-n4cc(-c5ccc6cc(O)ccc6c5)nn4)nc23)CC1.CN1CCN(c2cccc3[nH]c(C4=C(c5c[nH]c6ccc(O)cc56)C(=O)NC4=O)nc23)CC1. The number of hydrogen-bond donors (Lipinski definition) is 12. The van der Waals surface area contributed by atoms with Crippen LogP contribution in [-0.4, -0.2) is 247 Å². The lowest BCUT2D eigenvalue weighted by Crippen LogP contribution is -2.44. The van der Waals surface area contributed by atoms with Crippen molar-refractivity contribution in [3.05, 3.63) is 241 Å². The molecule has 0 atom stereocenters. The highest BCUT2D eigenvalue weighted by Crippen LogP contribution is 2.43. The number of likely N-dealkylation sites (N-methyl/N-ethyl adjacent to an activating group) is 2. The number of phenols is 4. The fourth-order valence-electron chi connectivity index (χ4n) is 17.6. The van der Waals surface area contributed by atoms with Gasteiger partial charge in [-0.15, -0.1) is 5.10 Å². The standard InChI is InChI=1S/C25H24N4O3.C24H23N7O.C24H22N6O3.C24H23N5O3/c1-28(2)10-5-11-29-14-18(17-13-16(30)8-9-21(17)29)22-23(25(32)27-24(22)31)20-12-15-6-3-4-7-19(15)26-20;1-29-9-11-30(12-10-29)22-4-2-3-20-23(22)26-24(25-20)31-15-21(27-28-31)18-6-5-17-14-19(32)8-7-16(17)13-18;1-29-7-9-30(10-8-29)18-4-2-3-17-21(18)27-22(26-17)20-19(23(32)28-24(20)33)15-12-25-16-6-5-13(31)11-14(15)16;1-28(2)10-5-11-29-13-16(15-12-14(30)8-9-19(15)29)20-21(24(32)27-23(20)31)22-25-17-6-3-4-7-18(17)26-22/h3-4,6-9,12-14,26,30H,5,10-11H2,1-2H3,(H,27,31,32);2-8,13-15,32H,9-12H2,1H3,(H,25,26);2-6,11-12,25,31H,7-10H2,1H3,(H,26,27)(H,28,32,33);3-4,6-9,12-13,30H,5,10-11H2,1-2H3,(H,25,26)(H,27,31,32). The van der Waals surface area contributed by atoms with Gasteiger partial charge < -0.3 is 83.9 Å². The third kappa shape index (κ3) is 16.3. The van der Waals surface area contributed by atoms with Crippen LogP contribution < -0.4 is 25.8 Å². The number of piperazine rings is 2. The highest BCUT2D eigenvalue weighted by Gasteiger charge is 2.39. The minimum atomic E-state index is -0.496. The molecule has 0 spiro atoms. The van der Waals surface area contributed by atoms with Crippen molar-refractivity contribution in [3.8, 4) is 40.2 Å². The first-order valence-electron chi connectivity index (χ1n) is 42.6. The number of carbonyl (C=O) groups is 6. The molecule has 22 rings (SSSR count). The number of nitrogens with one attached hydrogen (secondary N) is 8. The Morgan fingerprint density at radius 3 is 1.47 bits per heavy atom. The second kappa shape index (κ2) is 34.3. The number of anilines is 2. The molecule has 5 aliphatic rings. The maximum Gasteiger partial charge on any atom is 0.262 e. The van der Waals surface area contributed by atoms with E-state index in [9.17, 15) is 49.2 Å². The van der Waals surface area contributed by atoms with Crippen LogP contribution in [0.3, 0.4) is 0 Å². The predicted octanol–water partition coefficient (Wildman–Crippen LogP) is 11.6. The van der Waals surface area contributed by atoms with Crippen LogP contribution in [0.1, 0.15) is 46.9 Å². The topological polar surface area (TPSA) is 397 Å². The number of H-pyrrole nitrogens is 5. The summed E-state index contributed by atoms with van der Waals surface area (Å²) in [6.07, 6.45) is 9.20. The van der Waals surface area contributed by atoms with Gasteiger partial charge in [0, 0.05) is 150 Å². The first-order chi connectivity index (χ1) is 62.5. The maximum absolute atomic E-state index is 12.9. The number of rotatable bonds is 18. The molecule has 0 aliphatic carbocycles. The Bertz CT molecular complexity index is 7190. The number of nitrogens with zero attached hydrogens (tertiary/aromatic N) is 14. The summed E-state index contributed by atoms with van der Waals surface area (Å²) in [6, 6.07) is 55.7. The Labute approximate surface area is 737 Å². The van der Waals surface area contributed by atoms with Gasteiger partial charge in [0.1, 0.15) is 51.4 Å². The second-order valence-corrected chi connectivity index (χ2v) is 33.5. The number of fused-ring (bicyclic) bond motifs is 8. The molecule has 6 amide bonds. The van der Waals surface area contributed by atoms with E-state index in [2.05, 4.69) is 121 Å². The third-order valence-corrected chi connectivity index (χ3v) is 24.2. The van der Waals surface area contributed by atoms with Crippen molar-refractivity contribution in [1.82, 2.24) is 99.5 Å². The Balaban J connectivity index is 0.000000112. The van der Waals surface area contributed by atoms with Gasteiger partial charge in [0.15, 0.2) is 0 Å². The van der Waals surface area contributed by atoms with Crippen LogP contribution in [0.5, 0.6) is 23.0 Å². The van der Waals surface area contributed by atoms with E-state index in [0.29, 0.717) is 67.4 Å². The number of hydrogen-bond acceptors (Lipinski definition) is 21. The molecule has 13 heterocycles. The minimum Gasteiger partial charge on any atom is -0.508 e. The Morgan fingerprint density at radius 1 is 0.395 bits per heavy atom. The molecule has 650 valence electrons. The van der Waals surface area contributed by atoms with Crippen LogP contribution in [0.4, 0.5) is 11.4 Å². The zero-order chi connectivity index (χ0) is 89.2. The molecular formula is C97H92N22O10. The number of imide groups is 3. The van der Waals surface area contributed by atoms with Gasteiger partial charge in [-0.05, 0) is 200 Å². The number of phenolic OH excluding ortho intramolecular Hbond substituents is 4. The van der Waals surface area contributed by atoms with E-state index in [-0.39, 0.29) is 45.3 Å². The smallest absolute Gasteiger partial charge is 0.262 e. The second-order valence-electron chi connectivity index (χ2n) is 33.5. The molecule has 129 heavy (non-hydrogen) atoms. The summed E-state index contributed by atoms with van der Waals surface area (Å²) in [5, 5.41) is 61.0. The molecule has 5 aliphatic heterocycles.